The Hall–Kier alpha value is -5.17. The molecule has 5 aromatic carbocycles. The molecular weight excluding hydrogens is 553 g/mol. The molecule has 4 nitrogen and oxygen atoms in total. The van der Waals surface area contributed by atoms with E-state index in [0.29, 0.717) is 34.1 Å². The smallest absolute Gasteiger partial charge is 0.406 e. The summed E-state index contributed by atoms with van der Waals surface area (Å²) in [5.41, 5.74) is -1.34. The van der Waals surface area contributed by atoms with Gasteiger partial charge in [-0.05, 0) is 103 Å². The summed E-state index contributed by atoms with van der Waals surface area (Å²) in [7, 11) is 0. The molecule has 0 aliphatic heterocycles. The Kier molecular flexibility index (Phi) is 8.17. The minimum atomic E-state index is -4.72. The van der Waals surface area contributed by atoms with Crippen molar-refractivity contribution in [2.75, 3.05) is 0 Å². The van der Waals surface area contributed by atoms with Crippen molar-refractivity contribution in [1.82, 2.24) is 0 Å². The van der Waals surface area contributed by atoms with E-state index in [4.69, 9.17) is 9.47 Å². The summed E-state index contributed by atoms with van der Waals surface area (Å²) >= 11 is 0. The Bertz CT molecular complexity index is 1610. The van der Waals surface area contributed by atoms with Gasteiger partial charge in [-0.15, -0.1) is 0 Å². The number of rotatable bonds is 9. The van der Waals surface area contributed by atoms with Crippen molar-refractivity contribution in [2.45, 2.75) is 25.4 Å². The predicted molar refractivity (Wildman–Crippen MR) is 158 cm³/mol. The number of hydrogen-bond acceptors (Lipinski definition) is 4. The lowest BCUT2D eigenvalue weighted by atomic mass is 9.69. The maximum Gasteiger partial charge on any atom is 0.406 e. The molecule has 0 aliphatic rings. The summed E-state index contributed by atoms with van der Waals surface area (Å²) in [5.74, 6) is 1.45. The number of benzene rings is 5. The number of hydrogen-bond donors (Lipinski definition) is 0. The molecule has 0 unspecified atom stereocenters. The van der Waals surface area contributed by atoms with Gasteiger partial charge in [0.15, 0.2) is 11.6 Å². The van der Waals surface area contributed by atoms with Gasteiger partial charge in [-0.1, -0.05) is 54.6 Å². The van der Waals surface area contributed by atoms with Crippen molar-refractivity contribution in [3.63, 3.8) is 0 Å². The highest BCUT2D eigenvalue weighted by atomic mass is 19.4. The molecule has 0 N–H and O–H groups in total. The molecule has 43 heavy (non-hydrogen) atoms. The van der Waals surface area contributed by atoms with Crippen molar-refractivity contribution in [2.24, 2.45) is 0 Å². The zero-order chi connectivity index (χ0) is 30.6. The second-order valence-electron chi connectivity index (χ2n) is 10.0. The van der Waals surface area contributed by atoms with Crippen LogP contribution in [0.15, 0.2) is 127 Å². The number of ether oxygens (including phenoxy) is 2. The molecule has 0 radical (unpaired) electrons. The largest absolute Gasteiger partial charge is 0.457 e. The average molecular weight is 581 g/mol. The highest BCUT2D eigenvalue weighted by molar-refractivity contribution is 5.94. The molecule has 0 aromatic heterocycles. The zero-order valence-corrected chi connectivity index (χ0v) is 23.4. The van der Waals surface area contributed by atoms with E-state index in [-0.39, 0.29) is 28.3 Å². The van der Waals surface area contributed by atoms with Crippen LogP contribution in [0, 0.1) is 0 Å². The maximum absolute atomic E-state index is 15.4. The number of carbonyl (C=O) groups is 2. The van der Waals surface area contributed by atoms with Gasteiger partial charge in [0.05, 0.1) is 0 Å². The lowest BCUT2D eigenvalue weighted by Gasteiger charge is -2.37. The van der Waals surface area contributed by atoms with Crippen LogP contribution in [0.4, 0.5) is 13.2 Å². The monoisotopic (exact) mass is 580 g/mol. The van der Waals surface area contributed by atoms with E-state index in [2.05, 4.69) is 0 Å². The van der Waals surface area contributed by atoms with Crippen LogP contribution in [0.2, 0.25) is 0 Å². The van der Waals surface area contributed by atoms with Gasteiger partial charge in [0, 0.05) is 11.1 Å². The topological polar surface area (TPSA) is 52.6 Å². The summed E-state index contributed by atoms with van der Waals surface area (Å²) in [6.07, 6.45) is -4.72. The molecule has 0 atom stereocenters. The van der Waals surface area contributed by atoms with Gasteiger partial charge >= 0.3 is 6.18 Å². The maximum atomic E-state index is 15.4. The highest BCUT2D eigenvalue weighted by Gasteiger charge is 2.58. The Balaban J connectivity index is 1.51. The van der Waals surface area contributed by atoms with Crippen molar-refractivity contribution >= 4 is 11.6 Å². The summed E-state index contributed by atoms with van der Waals surface area (Å²) in [5, 5.41) is 0. The lowest BCUT2D eigenvalue weighted by molar-refractivity contribution is -0.166. The molecule has 5 aromatic rings. The first-order valence-electron chi connectivity index (χ1n) is 13.5. The SMILES string of the molecule is CC(=O)c1ccc(Oc2ccc(C(c3ccccc3)(c3ccc(Oc4ccc(C(C)=O)cc4)cc3)C(F)(F)F)cc2)cc1. The fourth-order valence-electron chi connectivity index (χ4n) is 5.01. The van der Waals surface area contributed by atoms with E-state index in [1.54, 1.807) is 66.7 Å². The number of carbonyl (C=O) groups excluding carboxylic acids is 2. The third kappa shape index (κ3) is 6.06. The molecule has 5 rings (SSSR count). The van der Waals surface area contributed by atoms with Gasteiger partial charge in [-0.2, -0.15) is 13.2 Å². The summed E-state index contributed by atoms with van der Waals surface area (Å²) in [6, 6.07) is 32.5. The Morgan fingerprint density at radius 2 is 0.767 bits per heavy atom. The van der Waals surface area contributed by atoms with E-state index < -0.39 is 11.6 Å². The third-order valence-corrected chi connectivity index (χ3v) is 7.20. The van der Waals surface area contributed by atoms with E-state index in [1.807, 2.05) is 0 Å². The molecule has 0 heterocycles. The van der Waals surface area contributed by atoms with Crippen LogP contribution < -0.4 is 9.47 Å². The molecule has 0 bridgehead atoms. The fourth-order valence-corrected chi connectivity index (χ4v) is 5.01. The summed E-state index contributed by atoms with van der Waals surface area (Å²) < 4.78 is 57.9. The van der Waals surface area contributed by atoms with E-state index >= 15 is 13.2 Å². The minimum Gasteiger partial charge on any atom is -0.457 e. The highest BCUT2D eigenvalue weighted by Crippen LogP contribution is 2.51. The molecular formula is C36H27F3O4. The van der Waals surface area contributed by atoms with Crippen LogP contribution >= 0.6 is 0 Å². The standard InChI is InChI=1S/C36H27F3O4/c1-24(40)26-8-16-31(17-9-26)42-33-20-12-29(13-21-33)35(36(37,38)39,28-6-4-3-5-7-28)30-14-22-34(23-15-30)43-32-18-10-27(11-19-32)25(2)41/h3-23H,1-2H3. The Labute approximate surface area is 247 Å². The fraction of sp³-hybridized carbons (Fsp3) is 0.111. The summed E-state index contributed by atoms with van der Waals surface area (Å²) in [6.45, 7) is 2.92. The lowest BCUT2D eigenvalue weighted by Crippen LogP contribution is -2.44. The second-order valence-corrected chi connectivity index (χ2v) is 10.0. The van der Waals surface area contributed by atoms with Gasteiger partial charge < -0.3 is 9.47 Å². The van der Waals surface area contributed by atoms with Crippen LogP contribution in [0.3, 0.4) is 0 Å². The second kappa shape index (κ2) is 12.0. The first kappa shape index (κ1) is 29.3. The molecule has 0 aliphatic carbocycles. The minimum absolute atomic E-state index is 0.0129. The van der Waals surface area contributed by atoms with Gasteiger partial charge in [-0.3, -0.25) is 9.59 Å². The summed E-state index contributed by atoms with van der Waals surface area (Å²) in [4.78, 5) is 23.1. The Morgan fingerprint density at radius 3 is 1.07 bits per heavy atom. The normalized spacial score (nSPS) is 11.6. The molecule has 7 heteroatoms. The van der Waals surface area contributed by atoms with Crippen LogP contribution in [0.5, 0.6) is 23.0 Å². The van der Waals surface area contributed by atoms with Crippen LogP contribution in [-0.4, -0.2) is 17.7 Å². The predicted octanol–water partition coefficient (Wildman–Crippen LogP) is 9.57. The van der Waals surface area contributed by atoms with Crippen molar-refractivity contribution in [3.8, 4) is 23.0 Å². The van der Waals surface area contributed by atoms with Gasteiger partial charge in [-0.25, -0.2) is 0 Å². The molecule has 0 spiro atoms. The number of ketones is 2. The van der Waals surface area contributed by atoms with Gasteiger partial charge in [0.1, 0.15) is 28.4 Å². The number of Topliss-reactive ketones (excluding diaryl/α,β-unsaturated/α-hetero) is 2. The molecule has 0 fully saturated rings. The number of alkyl halides is 3. The van der Waals surface area contributed by atoms with Crippen molar-refractivity contribution < 1.29 is 32.2 Å². The molecule has 0 saturated carbocycles. The Morgan fingerprint density at radius 1 is 0.465 bits per heavy atom. The van der Waals surface area contributed by atoms with E-state index in [1.165, 1.54) is 74.5 Å². The van der Waals surface area contributed by atoms with Crippen molar-refractivity contribution in [3.05, 3.63) is 155 Å². The quantitative estimate of drug-likeness (QED) is 0.129. The zero-order valence-electron chi connectivity index (χ0n) is 23.4. The van der Waals surface area contributed by atoms with Gasteiger partial charge in [0.2, 0.25) is 0 Å². The van der Waals surface area contributed by atoms with Crippen molar-refractivity contribution in [1.29, 1.82) is 0 Å². The van der Waals surface area contributed by atoms with E-state index in [0.717, 1.165) is 0 Å². The molecule has 0 amide bonds. The average Bonchev–Trinajstić information content (AvgIpc) is 2.99. The van der Waals surface area contributed by atoms with Crippen LogP contribution in [0.25, 0.3) is 0 Å². The van der Waals surface area contributed by atoms with Crippen LogP contribution in [-0.2, 0) is 5.41 Å². The third-order valence-electron chi connectivity index (χ3n) is 7.20. The molecule has 0 saturated heterocycles. The first-order valence-corrected chi connectivity index (χ1v) is 13.5. The van der Waals surface area contributed by atoms with E-state index in [9.17, 15) is 9.59 Å². The van der Waals surface area contributed by atoms with Gasteiger partial charge in [0.25, 0.3) is 0 Å². The molecule has 216 valence electrons. The first-order chi connectivity index (χ1) is 20.6. The van der Waals surface area contributed by atoms with Crippen LogP contribution in [0.1, 0.15) is 51.3 Å². The number of halogens is 3.